The number of unbranched alkanes of at least 4 members (excludes halogenated alkanes) is 1. The zero-order valence-electron chi connectivity index (χ0n) is 10.0. The first kappa shape index (κ1) is 11.8. The number of fused-ring (bicyclic) bond motifs is 1. The predicted octanol–water partition coefficient (Wildman–Crippen LogP) is 1.66. The lowest BCUT2D eigenvalue weighted by Gasteiger charge is -2.11. The van der Waals surface area contributed by atoms with E-state index in [2.05, 4.69) is 11.9 Å². The molecule has 4 nitrogen and oxygen atoms in total. The van der Waals surface area contributed by atoms with E-state index in [1.165, 1.54) is 0 Å². The van der Waals surface area contributed by atoms with E-state index >= 15 is 0 Å². The van der Waals surface area contributed by atoms with Crippen LogP contribution in [0.15, 0.2) is 29.1 Å². The van der Waals surface area contributed by atoms with E-state index in [-0.39, 0.29) is 5.56 Å². The minimum atomic E-state index is 0.0181. The van der Waals surface area contributed by atoms with E-state index in [1.54, 1.807) is 4.57 Å². The Morgan fingerprint density at radius 3 is 2.82 bits per heavy atom. The van der Waals surface area contributed by atoms with Gasteiger partial charge in [-0.2, -0.15) is 0 Å². The van der Waals surface area contributed by atoms with Gasteiger partial charge < -0.3 is 5.73 Å². The van der Waals surface area contributed by atoms with Crippen LogP contribution in [0.1, 0.15) is 25.6 Å². The summed E-state index contributed by atoms with van der Waals surface area (Å²) >= 11 is 0. The molecule has 0 atom stereocenters. The van der Waals surface area contributed by atoms with E-state index < -0.39 is 0 Å². The molecule has 4 heteroatoms. The number of rotatable bonds is 4. The predicted molar refractivity (Wildman–Crippen MR) is 68.8 cm³/mol. The van der Waals surface area contributed by atoms with Crippen molar-refractivity contribution in [1.82, 2.24) is 9.55 Å². The summed E-state index contributed by atoms with van der Waals surface area (Å²) in [4.78, 5) is 16.7. The molecular weight excluding hydrogens is 214 g/mol. The van der Waals surface area contributed by atoms with Crippen molar-refractivity contribution in [3.8, 4) is 0 Å². The third kappa shape index (κ3) is 2.22. The van der Waals surface area contributed by atoms with Gasteiger partial charge in [-0.1, -0.05) is 25.5 Å². The quantitative estimate of drug-likeness (QED) is 0.870. The molecule has 2 rings (SSSR count). The summed E-state index contributed by atoms with van der Waals surface area (Å²) in [7, 11) is 0. The van der Waals surface area contributed by atoms with Gasteiger partial charge in [-0.25, -0.2) is 4.98 Å². The zero-order valence-corrected chi connectivity index (χ0v) is 10.0. The normalized spacial score (nSPS) is 10.9. The Bertz CT molecular complexity index is 574. The fraction of sp³-hybridized carbons (Fsp3) is 0.385. The smallest absolute Gasteiger partial charge is 0.261 e. The van der Waals surface area contributed by atoms with Crippen molar-refractivity contribution in [2.75, 3.05) is 0 Å². The van der Waals surface area contributed by atoms with Crippen molar-refractivity contribution in [3.63, 3.8) is 0 Å². The minimum absolute atomic E-state index is 0.0181. The van der Waals surface area contributed by atoms with Crippen molar-refractivity contribution in [2.45, 2.75) is 32.9 Å². The average molecular weight is 231 g/mol. The highest BCUT2D eigenvalue weighted by Gasteiger charge is 2.08. The third-order valence-corrected chi connectivity index (χ3v) is 2.86. The summed E-state index contributed by atoms with van der Waals surface area (Å²) in [6, 6.07) is 7.40. The largest absolute Gasteiger partial charge is 0.324 e. The number of hydrogen-bond donors (Lipinski definition) is 1. The van der Waals surface area contributed by atoms with Crippen LogP contribution >= 0.6 is 0 Å². The molecule has 0 unspecified atom stereocenters. The van der Waals surface area contributed by atoms with Crippen molar-refractivity contribution in [2.24, 2.45) is 5.73 Å². The average Bonchev–Trinajstić information content (AvgIpc) is 2.37. The summed E-state index contributed by atoms with van der Waals surface area (Å²) < 4.78 is 1.70. The van der Waals surface area contributed by atoms with Crippen LogP contribution in [-0.4, -0.2) is 9.55 Å². The number of para-hydroxylation sites is 1. The molecule has 1 heterocycles. The molecule has 2 N–H and O–H groups in total. The summed E-state index contributed by atoms with van der Waals surface area (Å²) in [5, 5.41) is 0.667. The van der Waals surface area contributed by atoms with Gasteiger partial charge in [0.2, 0.25) is 0 Å². The monoisotopic (exact) mass is 231 g/mol. The van der Waals surface area contributed by atoms with Crippen molar-refractivity contribution >= 4 is 10.9 Å². The second kappa shape index (κ2) is 5.10. The summed E-state index contributed by atoms with van der Waals surface area (Å²) in [6.45, 7) is 3.09. The number of benzene rings is 1. The first-order chi connectivity index (χ1) is 8.27. The fourth-order valence-electron chi connectivity index (χ4n) is 1.92. The van der Waals surface area contributed by atoms with Crippen LogP contribution in [0, 0.1) is 0 Å². The van der Waals surface area contributed by atoms with Gasteiger partial charge in [-0.3, -0.25) is 9.36 Å². The molecule has 1 aromatic carbocycles. The molecule has 17 heavy (non-hydrogen) atoms. The zero-order chi connectivity index (χ0) is 12.3. The van der Waals surface area contributed by atoms with E-state index in [0.29, 0.717) is 24.3 Å². The van der Waals surface area contributed by atoms with Crippen LogP contribution in [0.5, 0.6) is 0 Å². The second-order valence-corrected chi connectivity index (χ2v) is 4.06. The Hall–Kier alpha value is -1.68. The molecule has 0 bridgehead atoms. The number of nitrogens with zero attached hydrogens (tertiary/aromatic N) is 2. The third-order valence-electron chi connectivity index (χ3n) is 2.86. The Morgan fingerprint density at radius 2 is 2.12 bits per heavy atom. The summed E-state index contributed by atoms with van der Waals surface area (Å²) in [6.07, 6.45) is 2.01. The van der Waals surface area contributed by atoms with E-state index in [9.17, 15) is 4.79 Å². The SMILES string of the molecule is CCCCn1c(CN)nc2ccccc2c1=O. The molecule has 90 valence electrons. The van der Waals surface area contributed by atoms with Crippen LogP contribution in [0.25, 0.3) is 10.9 Å². The lowest BCUT2D eigenvalue weighted by molar-refractivity contribution is 0.577. The highest BCUT2D eigenvalue weighted by Crippen LogP contribution is 2.08. The Morgan fingerprint density at radius 1 is 1.35 bits per heavy atom. The number of hydrogen-bond acceptors (Lipinski definition) is 3. The topological polar surface area (TPSA) is 60.9 Å². The summed E-state index contributed by atoms with van der Waals surface area (Å²) in [5.74, 6) is 0.669. The van der Waals surface area contributed by atoms with E-state index in [4.69, 9.17) is 5.73 Å². The van der Waals surface area contributed by atoms with Crippen molar-refractivity contribution in [1.29, 1.82) is 0 Å². The standard InChI is InChI=1S/C13H17N3O/c1-2-3-8-16-12(9-14)15-11-7-5-4-6-10(11)13(16)17/h4-7H,2-3,8-9,14H2,1H3. The van der Waals surface area contributed by atoms with Crippen LogP contribution < -0.4 is 11.3 Å². The number of aromatic nitrogens is 2. The van der Waals surface area contributed by atoms with Crippen LogP contribution in [-0.2, 0) is 13.1 Å². The Kier molecular flexibility index (Phi) is 3.54. The molecule has 0 aliphatic heterocycles. The van der Waals surface area contributed by atoms with Gasteiger partial charge in [0.15, 0.2) is 0 Å². The fourth-order valence-corrected chi connectivity index (χ4v) is 1.92. The Balaban J connectivity index is 2.63. The molecule has 0 spiro atoms. The molecule has 0 aliphatic carbocycles. The molecule has 0 saturated carbocycles. The molecule has 0 aliphatic rings. The molecule has 0 amide bonds. The van der Waals surface area contributed by atoms with Crippen LogP contribution in [0.4, 0.5) is 0 Å². The molecule has 0 saturated heterocycles. The van der Waals surface area contributed by atoms with Crippen LogP contribution in [0.2, 0.25) is 0 Å². The first-order valence-corrected chi connectivity index (χ1v) is 5.96. The molecule has 2 aromatic rings. The van der Waals surface area contributed by atoms with Gasteiger partial charge in [0.25, 0.3) is 5.56 Å². The maximum absolute atomic E-state index is 12.3. The molecular formula is C13H17N3O. The first-order valence-electron chi connectivity index (χ1n) is 5.96. The second-order valence-electron chi connectivity index (χ2n) is 4.06. The molecule has 0 fully saturated rings. The van der Waals surface area contributed by atoms with E-state index in [1.807, 2.05) is 24.3 Å². The highest BCUT2D eigenvalue weighted by molar-refractivity contribution is 5.77. The van der Waals surface area contributed by atoms with Crippen molar-refractivity contribution in [3.05, 3.63) is 40.4 Å². The number of nitrogens with two attached hydrogens (primary N) is 1. The molecule has 0 radical (unpaired) electrons. The van der Waals surface area contributed by atoms with E-state index in [0.717, 1.165) is 18.4 Å². The Labute approximate surface area is 100 Å². The van der Waals surface area contributed by atoms with Gasteiger partial charge in [0, 0.05) is 6.54 Å². The van der Waals surface area contributed by atoms with Gasteiger partial charge in [0.05, 0.1) is 17.4 Å². The van der Waals surface area contributed by atoms with Crippen molar-refractivity contribution < 1.29 is 0 Å². The van der Waals surface area contributed by atoms with Gasteiger partial charge in [-0.05, 0) is 18.6 Å². The van der Waals surface area contributed by atoms with Gasteiger partial charge in [0.1, 0.15) is 5.82 Å². The summed E-state index contributed by atoms with van der Waals surface area (Å²) in [5.41, 5.74) is 6.41. The van der Waals surface area contributed by atoms with Gasteiger partial charge in [-0.15, -0.1) is 0 Å². The lowest BCUT2D eigenvalue weighted by Crippen LogP contribution is -2.27. The lowest BCUT2D eigenvalue weighted by atomic mass is 10.2. The van der Waals surface area contributed by atoms with Crippen LogP contribution in [0.3, 0.4) is 0 Å². The minimum Gasteiger partial charge on any atom is -0.324 e. The van der Waals surface area contributed by atoms with Gasteiger partial charge >= 0.3 is 0 Å². The maximum atomic E-state index is 12.3. The molecule has 1 aromatic heterocycles. The highest BCUT2D eigenvalue weighted by atomic mass is 16.1. The maximum Gasteiger partial charge on any atom is 0.261 e.